The van der Waals surface area contributed by atoms with Crippen molar-refractivity contribution in [2.75, 3.05) is 12.4 Å². The van der Waals surface area contributed by atoms with Gasteiger partial charge in [-0.1, -0.05) is 15.9 Å². The summed E-state index contributed by atoms with van der Waals surface area (Å²) in [4.78, 5) is 36.7. The Morgan fingerprint density at radius 2 is 2.32 bits per heavy atom. The molecule has 19 heavy (non-hydrogen) atoms. The molecule has 2 aliphatic rings. The number of halogens is 1. The average Bonchev–Trinajstić information content (AvgIpc) is 2.35. The minimum Gasteiger partial charge on any atom is -0.477 e. The number of carboxylic acid groups (broad SMARTS) is 1. The Bertz CT molecular complexity index is 527. The number of hydrogen-bond acceptors (Lipinski definition) is 5. The van der Waals surface area contributed by atoms with Crippen molar-refractivity contribution in [2.45, 2.75) is 12.3 Å². The number of carbonyl (C=O) groups is 3. The molecule has 0 aliphatic carbocycles. The Hall–Kier alpha value is -1.28. The van der Waals surface area contributed by atoms with Gasteiger partial charge in [0.1, 0.15) is 17.7 Å². The summed E-state index contributed by atoms with van der Waals surface area (Å²) in [6.07, 6.45) is 0. The number of rotatable bonds is 3. The number of thioether (sulfide) groups is 1. The van der Waals surface area contributed by atoms with Crippen molar-refractivity contribution in [3.63, 3.8) is 0 Å². The Labute approximate surface area is 121 Å². The van der Waals surface area contributed by atoms with Crippen LogP contribution in [0.25, 0.3) is 0 Å². The van der Waals surface area contributed by atoms with Crippen LogP contribution in [0, 0.1) is 0 Å². The molecule has 6 nitrogen and oxygen atoms in total. The van der Waals surface area contributed by atoms with Crippen molar-refractivity contribution in [3.8, 4) is 0 Å². The number of hydrogen-bond donors (Lipinski definition) is 1. The van der Waals surface area contributed by atoms with Crippen LogP contribution >= 0.6 is 27.7 Å². The summed E-state index contributed by atoms with van der Waals surface area (Å²) in [5, 5.41) is 8.96. The first kappa shape index (κ1) is 14.1. The van der Waals surface area contributed by atoms with Crippen molar-refractivity contribution in [1.29, 1.82) is 0 Å². The molecule has 1 amide bonds. The number of β-lactam (4-membered cyclic amide) rings is 1. The Balaban J connectivity index is 2.30. The number of carboxylic acids is 1. The zero-order valence-electron chi connectivity index (χ0n) is 9.88. The number of fused-ring (bicyclic) bond motifs is 1. The van der Waals surface area contributed by atoms with Crippen LogP contribution in [0.1, 0.15) is 6.92 Å². The Morgan fingerprint density at radius 3 is 2.84 bits per heavy atom. The van der Waals surface area contributed by atoms with Crippen molar-refractivity contribution < 1.29 is 24.2 Å². The summed E-state index contributed by atoms with van der Waals surface area (Å²) in [5.41, 5.74) is 0.898. The lowest BCUT2D eigenvalue weighted by Gasteiger charge is -2.45. The van der Waals surface area contributed by atoms with Crippen molar-refractivity contribution in [3.05, 3.63) is 21.8 Å². The molecule has 0 aromatic rings. The lowest BCUT2D eigenvalue weighted by Crippen LogP contribution is -2.56. The SMILES string of the molecule is CC(=O)OCC1=C(C(=O)O)N2C(=O)/C(=C\Br)[C@H]2SC1. The highest BCUT2D eigenvalue weighted by Gasteiger charge is 2.49. The molecular formula is C11H10BrNO5S. The molecule has 0 radical (unpaired) electrons. The van der Waals surface area contributed by atoms with Crippen LogP contribution in [0.15, 0.2) is 21.8 Å². The van der Waals surface area contributed by atoms with Crippen LogP contribution in [0.3, 0.4) is 0 Å². The first-order chi connectivity index (χ1) is 8.97. The molecule has 1 saturated heterocycles. The molecule has 0 saturated carbocycles. The van der Waals surface area contributed by atoms with E-state index >= 15 is 0 Å². The second kappa shape index (κ2) is 5.38. The normalized spacial score (nSPS) is 24.1. The van der Waals surface area contributed by atoms with Crippen molar-refractivity contribution in [2.24, 2.45) is 0 Å². The third-order valence-electron chi connectivity index (χ3n) is 2.73. The van der Waals surface area contributed by atoms with Crippen LogP contribution in [0.5, 0.6) is 0 Å². The smallest absolute Gasteiger partial charge is 0.352 e. The molecule has 2 rings (SSSR count). The fraction of sp³-hybridized carbons (Fsp3) is 0.364. The maximum atomic E-state index is 11.8. The molecule has 0 spiro atoms. The third kappa shape index (κ3) is 2.42. The predicted octanol–water partition coefficient (Wildman–Crippen LogP) is 1.08. The van der Waals surface area contributed by atoms with Gasteiger partial charge in [-0.3, -0.25) is 14.5 Å². The number of nitrogens with zero attached hydrogens (tertiary/aromatic N) is 1. The predicted molar refractivity (Wildman–Crippen MR) is 71.4 cm³/mol. The summed E-state index contributed by atoms with van der Waals surface area (Å²) < 4.78 is 4.82. The van der Waals surface area contributed by atoms with Gasteiger partial charge in [0.2, 0.25) is 0 Å². The van der Waals surface area contributed by atoms with E-state index in [1.54, 1.807) is 0 Å². The zero-order chi connectivity index (χ0) is 14.2. The quantitative estimate of drug-likeness (QED) is 0.467. The van der Waals surface area contributed by atoms with E-state index in [9.17, 15) is 19.5 Å². The van der Waals surface area contributed by atoms with E-state index < -0.39 is 11.9 Å². The molecule has 0 aromatic heterocycles. The van der Waals surface area contributed by atoms with Gasteiger partial charge in [0.05, 0.1) is 5.57 Å². The number of carbonyl (C=O) groups excluding carboxylic acids is 2. The number of amides is 1. The van der Waals surface area contributed by atoms with Crippen LogP contribution in [0.4, 0.5) is 0 Å². The fourth-order valence-electron chi connectivity index (χ4n) is 1.88. The molecule has 0 bridgehead atoms. The standard InChI is InChI=1S/C11H10BrNO5S/c1-5(14)18-3-6-4-19-10-7(2-12)9(15)13(10)8(6)11(16)17/h2,10H,3-4H2,1H3,(H,16,17)/b7-2+/t10-/m1/s1. The van der Waals surface area contributed by atoms with Gasteiger partial charge in [-0.05, 0) is 4.99 Å². The van der Waals surface area contributed by atoms with E-state index in [-0.39, 0.29) is 23.6 Å². The molecule has 2 heterocycles. The molecule has 1 fully saturated rings. The topological polar surface area (TPSA) is 83.9 Å². The van der Waals surface area contributed by atoms with Gasteiger partial charge in [0, 0.05) is 18.2 Å². The summed E-state index contributed by atoms with van der Waals surface area (Å²) in [6, 6.07) is 0. The van der Waals surface area contributed by atoms with Gasteiger partial charge in [-0.25, -0.2) is 4.79 Å². The average molecular weight is 348 g/mol. The Morgan fingerprint density at radius 1 is 1.63 bits per heavy atom. The minimum absolute atomic E-state index is 0.0758. The van der Waals surface area contributed by atoms with Crippen molar-refractivity contribution >= 4 is 45.5 Å². The molecule has 0 aromatic carbocycles. The third-order valence-corrected chi connectivity index (χ3v) is 4.52. The fourth-order valence-corrected chi connectivity index (χ4v) is 3.78. The van der Waals surface area contributed by atoms with Gasteiger partial charge in [-0.2, -0.15) is 0 Å². The molecule has 1 atom stereocenters. The van der Waals surface area contributed by atoms with Crippen LogP contribution < -0.4 is 0 Å². The summed E-state index contributed by atoms with van der Waals surface area (Å²) in [7, 11) is 0. The highest BCUT2D eigenvalue weighted by Crippen LogP contribution is 2.43. The van der Waals surface area contributed by atoms with Crippen LogP contribution in [-0.4, -0.2) is 45.6 Å². The van der Waals surface area contributed by atoms with E-state index in [0.717, 1.165) is 0 Å². The van der Waals surface area contributed by atoms with E-state index in [0.29, 0.717) is 16.9 Å². The van der Waals surface area contributed by atoms with E-state index in [1.165, 1.54) is 28.6 Å². The monoisotopic (exact) mass is 347 g/mol. The van der Waals surface area contributed by atoms with Crippen molar-refractivity contribution in [1.82, 2.24) is 4.90 Å². The molecule has 1 N–H and O–H groups in total. The van der Waals surface area contributed by atoms with Gasteiger partial charge in [-0.15, -0.1) is 11.8 Å². The highest BCUT2D eigenvalue weighted by molar-refractivity contribution is 9.11. The largest absolute Gasteiger partial charge is 0.477 e. The first-order valence-corrected chi connectivity index (χ1v) is 7.28. The number of ether oxygens (including phenoxy) is 1. The summed E-state index contributed by atoms with van der Waals surface area (Å²) in [6.45, 7) is 1.15. The Kier molecular flexibility index (Phi) is 4.00. The second-order valence-electron chi connectivity index (χ2n) is 3.94. The van der Waals surface area contributed by atoms with E-state index in [4.69, 9.17) is 4.74 Å². The molecule has 8 heteroatoms. The minimum atomic E-state index is -1.19. The van der Waals surface area contributed by atoms with Gasteiger partial charge < -0.3 is 9.84 Å². The zero-order valence-corrected chi connectivity index (χ0v) is 12.3. The molecular weight excluding hydrogens is 338 g/mol. The molecule has 2 aliphatic heterocycles. The van der Waals surface area contributed by atoms with Gasteiger partial charge in [0.15, 0.2) is 0 Å². The number of esters is 1. The highest BCUT2D eigenvalue weighted by atomic mass is 79.9. The van der Waals surface area contributed by atoms with Gasteiger partial charge >= 0.3 is 11.9 Å². The second-order valence-corrected chi connectivity index (χ2v) is 5.47. The van der Waals surface area contributed by atoms with E-state index in [1.807, 2.05) is 0 Å². The lowest BCUT2D eigenvalue weighted by molar-refractivity contribution is -0.142. The summed E-state index contributed by atoms with van der Waals surface area (Å²) >= 11 is 4.52. The van der Waals surface area contributed by atoms with Crippen LogP contribution in [-0.2, 0) is 19.1 Å². The number of aliphatic carboxylic acids is 1. The van der Waals surface area contributed by atoms with Gasteiger partial charge in [0.25, 0.3) is 5.91 Å². The lowest BCUT2D eigenvalue weighted by atomic mass is 10.0. The summed E-state index contributed by atoms with van der Waals surface area (Å²) in [5.74, 6) is -1.60. The maximum absolute atomic E-state index is 11.8. The first-order valence-electron chi connectivity index (χ1n) is 5.31. The molecule has 102 valence electrons. The molecule has 0 unspecified atom stereocenters. The maximum Gasteiger partial charge on any atom is 0.352 e. The van der Waals surface area contributed by atoms with E-state index in [2.05, 4.69) is 15.9 Å². The van der Waals surface area contributed by atoms with Crippen LogP contribution in [0.2, 0.25) is 0 Å².